The minimum atomic E-state index is -0.411. The van der Waals surface area contributed by atoms with Crippen molar-refractivity contribution in [1.29, 1.82) is 0 Å². The Morgan fingerprint density at radius 3 is 2.44 bits per heavy atom. The summed E-state index contributed by atoms with van der Waals surface area (Å²) in [6.07, 6.45) is 1.75. The highest BCUT2D eigenvalue weighted by atomic mass is 79.9. The molecule has 5 aromatic rings. The van der Waals surface area contributed by atoms with Gasteiger partial charge in [-0.25, -0.2) is 9.78 Å². The molecule has 1 heterocycles. The van der Waals surface area contributed by atoms with Gasteiger partial charge in [-0.15, -0.1) is 0 Å². The van der Waals surface area contributed by atoms with Gasteiger partial charge in [0.2, 0.25) is 5.89 Å². The van der Waals surface area contributed by atoms with E-state index in [0.717, 1.165) is 31.3 Å². The van der Waals surface area contributed by atoms with E-state index < -0.39 is 5.97 Å². The van der Waals surface area contributed by atoms with Gasteiger partial charge >= 0.3 is 5.97 Å². The Balaban J connectivity index is 1.28. The van der Waals surface area contributed by atoms with Gasteiger partial charge in [-0.1, -0.05) is 37.9 Å². The monoisotopic (exact) mass is 574 g/mol. The van der Waals surface area contributed by atoms with Crippen LogP contribution in [0, 0.1) is 0 Å². The Bertz CT molecular complexity index is 1510. The predicted molar refractivity (Wildman–Crippen MR) is 140 cm³/mol. The normalized spacial score (nSPS) is 11.2. The maximum Gasteiger partial charge on any atom is 0.343 e. The summed E-state index contributed by atoms with van der Waals surface area (Å²) < 4.78 is 13.1. The molecule has 0 fully saturated rings. The fourth-order valence-electron chi connectivity index (χ4n) is 3.26. The molecule has 34 heavy (non-hydrogen) atoms. The van der Waals surface area contributed by atoms with E-state index >= 15 is 0 Å². The van der Waals surface area contributed by atoms with E-state index in [1.54, 1.807) is 36.5 Å². The molecule has 0 atom stereocenters. The molecule has 0 spiro atoms. The fourth-order valence-corrected chi connectivity index (χ4v) is 3.93. The number of benzene rings is 4. The van der Waals surface area contributed by atoms with E-state index in [1.807, 2.05) is 60.7 Å². The first-order valence-corrected chi connectivity index (χ1v) is 11.9. The second kappa shape index (κ2) is 9.75. The maximum atomic E-state index is 12.3. The van der Waals surface area contributed by atoms with Crippen LogP contribution in [0.4, 0.5) is 5.69 Å². The van der Waals surface area contributed by atoms with E-state index in [9.17, 15) is 4.79 Å². The molecule has 166 valence electrons. The lowest BCUT2D eigenvalue weighted by atomic mass is 10.2. The number of aromatic nitrogens is 1. The zero-order chi connectivity index (χ0) is 23.5. The van der Waals surface area contributed by atoms with Crippen molar-refractivity contribution in [2.45, 2.75) is 0 Å². The second-order valence-electron chi connectivity index (χ2n) is 7.41. The van der Waals surface area contributed by atoms with Crippen LogP contribution in [-0.4, -0.2) is 17.2 Å². The smallest absolute Gasteiger partial charge is 0.343 e. The van der Waals surface area contributed by atoms with Crippen molar-refractivity contribution in [1.82, 2.24) is 4.98 Å². The molecule has 5 nitrogen and oxygen atoms in total. The lowest BCUT2D eigenvalue weighted by Gasteiger charge is -2.05. The van der Waals surface area contributed by atoms with Gasteiger partial charge in [0.05, 0.1) is 11.3 Å². The third-order valence-electron chi connectivity index (χ3n) is 4.98. The summed E-state index contributed by atoms with van der Waals surface area (Å²) in [6, 6.07) is 27.7. The van der Waals surface area contributed by atoms with Crippen molar-refractivity contribution >= 4 is 60.8 Å². The first-order valence-electron chi connectivity index (χ1n) is 10.3. The summed E-state index contributed by atoms with van der Waals surface area (Å²) >= 11 is 6.79. The van der Waals surface area contributed by atoms with Crippen molar-refractivity contribution in [3.8, 4) is 17.2 Å². The molecule has 0 radical (unpaired) electrons. The van der Waals surface area contributed by atoms with Crippen LogP contribution < -0.4 is 4.74 Å². The number of hydrogen-bond donors (Lipinski definition) is 0. The standard InChI is InChI=1S/C27H16Br2N2O3/c28-20-8-6-18(7-9-20)26-31-24-15-22(10-13-25(24)34-26)30-16-17-4-11-23(12-5-17)33-27(32)19-2-1-3-21(29)14-19/h1-16H. The van der Waals surface area contributed by atoms with Crippen LogP contribution >= 0.6 is 31.9 Å². The van der Waals surface area contributed by atoms with Crippen LogP contribution in [0.25, 0.3) is 22.6 Å². The number of nitrogens with zero attached hydrogens (tertiary/aromatic N) is 2. The molecule has 0 amide bonds. The SMILES string of the molecule is O=C(Oc1ccc(C=Nc2ccc3oc(-c4ccc(Br)cc4)nc3c2)cc1)c1cccc(Br)c1. The van der Waals surface area contributed by atoms with E-state index in [0.29, 0.717) is 22.8 Å². The molecular formula is C27H16Br2N2O3. The van der Waals surface area contributed by atoms with Gasteiger partial charge in [-0.05, 0) is 90.5 Å². The van der Waals surface area contributed by atoms with Crippen LogP contribution in [0.5, 0.6) is 5.75 Å². The first-order chi connectivity index (χ1) is 16.5. The third-order valence-corrected chi connectivity index (χ3v) is 6.00. The van der Waals surface area contributed by atoms with Gasteiger partial charge in [0, 0.05) is 20.7 Å². The molecule has 4 aromatic carbocycles. The number of aliphatic imine (C=N–C) groups is 1. The Hall–Kier alpha value is -3.55. The Kier molecular flexibility index (Phi) is 6.38. The van der Waals surface area contributed by atoms with Crippen molar-refractivity contribution < 1.29 is 13.9 Å². The molecule has 0 aliphatic heterocycles. The van der Waals surface area contributed by atoms with E-state index in [1.165, 1.54) is 0 Å². The zero-order valence-corrected chi connectivity index (χ0v) is 20.8. The summed E-state index contributed by atoms with van der Waals surface area (Å²) in [5, 5.41) is 0. The van der Waals surface area contributed by atoms with E-state index in [4.69, 9.17) is 9.15 Å². The van der Waals surface area contributed by atoms with Gasteiger partial charge in [0.1, 0.15) is 11.3 Å². The van der Waals surface area contributed by atoms with E-state index in [-0.39, 0.29) is 0 Å². The molecule has 0 unspecified atom stereocenters. The summed E-state index contributed by atoms with van der Waals surface area (Å²) in [5.41, 5.74) is 4.46. The van der Waals surface area contributed by atoms with Crippen LogP contribution in [0.3, 0.4) is 0 Å². The van der Waals surface area contributed by atoms with Crippen molar-refractivity contribution in [3.63, 3.8) is 0 Å². The highest BCUT2D eigenvalue weighted by molar-refractivity contribution is 9.10. The molecular weight excluding hydrogens is 560 g/mol. The topological polar surface area (TPSA) is 64.7 Å². The van der Waals surface area contributed by atoms with E-state index in [2.05, 4.69) is 41.8 Å². The minimum absolute atomic E-state index is 0.411. The fraction of sp³-hybridized carbons (Fsp3) is 0. The minimum Gasteiger partial charge on any atom is -0.436 e. The molecule has 0 bridgehead atoms. The first kappa shape index (κ1) is 22.3. The highest BCUT2D eigenvalue weighted by Gasteiger charge is 2.10. The summed E-state index contributed by atoms with van der Waals surface area (Å²) in [5.74, 6) is 0.620. The van der Waals surface area contributed by atoms with Crippen molar-refractivity contribution in [2.24, 2.45) is 4.99 Å². The highest BCUT2D eigenvalue weighted by Crippen LogP contribution is 2.28. The number of rotatable bonds is 5. The molecule has 0 aliphatic rings. The van der Waals surface area contributed by atoms with Crippen molar-refractivity contribution in [2.75, 3.05) is 0 Å². The summed E-state index contributed by atoms with van der Waals surface area (Å²) in [7, 11) is 0. The third kappa shape index (κ3) is 5.16. The van der Waals surface area contributed by atoms with Gasteiger partial charge in [0.25, 0.3) is 0 Å². The largest absolute Gasteiger partial charge is 0.436 e. The molecule has 0 saturated carbocycles. The van der Waals surface area contributed by atoms with Gasteiger partial charge in [0.15, 0.2) is 5.58 Å². The van der Waals surface area contributed by atoms with Crippen LogP contribution in [-0.2, 0) is 0 Å². The van der Waals surface area contributed by atoms with Crippen LogP contribution in [0.15, 0.2) is 109 Å². The molecule has 0 aliphatic carbocycles. The average molecular weight is 576 g/mol. The number of esters is 1. The second-order valence-corrected chi connectivity index (χ2v) is 9.24. The Morgan fingerprint density at radius 1 is 0.882 bits per heavy atom. The Labute approximate surface area is 212 Å². The van der Waals surface area contributed by atoms with Gasteiger partial charge in [-0.2, -0.15) is 0 Å². The number of halogens is 2. The number of ether oxygens (including phenoxy) is 1. The quantitative estimate of drug-likeness (QED) is 0.121. The van der Waals surface area contributed by atoms with Crippen LogP contribution in [0.2, 0.25) is 0 Å². The number of oxazole rings is 1. The van der Waals surface area contributed by atoms with Crippen molar-refractivity contribution in [3.05, 3.63) is 111 Å². The maximum absolute atomic E-state index is 12.3. The summed E-state index contributed by atoms with van der Waals surface area (Å²) in [6.45, 7) is 0. The molecule has 1 aromatic heterocycles. The van der Waals surface area contributed by atoms with Gasteiger partial charge in [-0.3, -0.25) is 4.99 Å². The molecule has 0 saturated heterocycles. The molecule has 0 N–H and O–H groups in total. The average Bonchev–Trinajstić information content (AvgIpc) is 3.27. The number of hydrogen-bond acceptors (Lipinski definition) is 5. The molecule has 7 heteroatoms. The number of carbonyl (C=O) groups excluding carboxylic acids is 1. The predicted octanol–water partition coefficient (Wildman–Crippen LogP) is 7.99. The number of carbonyl (C=O) groups is 1. The Morgan fingerprint density at radius 2 is 1.68 bits per heavy atom. The van der Waals surface area contributed by atoms with Crippen LogP contribution in [0.1, 0.15) is 15.9 Å². The zero-order valence-electron chi connectivity index (χ0n) is 17.6. The molecule has 5 rings (SSSR count). The number of fused-ring (bicyclic) bond motifs is 1. The summed E-state index contributed by atoms with van der Waals surface area (Å²) in [4.78, 5) is 21.4. The van der Waals surface area contributed by atoms with Gasteiger partial charge < -0.3 is 9.15 Å². The lowest BCUT2D eigenvalue weighted by Crippen LogP contribution is -2.08. The lowest BCUT2D eigenvalue weighted by molar-refractivity contribution is 0.0734.